The molecule has 5 nitrogen and oxygen atoms in total. The van der Waals surface area contributed by atoms with Crippen LogP contribution in [0, 0.1) is 6.92 Å². The lowest BCUT2D eigenvalue weighted by molar-refractivity contribution is 0.199. The molecule has 0 fully saturated rings. The minimum absolute atomic E-state index is 0.161. The summed E-state index contributed by atoms with van der Waals surface area (Å²) in [6.45, 7) is 3.86. The topological polar surface area (TPSA) is 67.0 Å². The highest BCUT2D eigenvalue weighted by Gasteiger charge is 2.05. The molecule has 0 saturated heterocycles. The Labute approximate surface area is 118 Å². The average molecular weight is 273 g/mol. The van der Waals surface area contributed by atoms with Gasteiger partial charge >= 0.3 is 0 Å². The second-order valence-corrected chi connectivity index (χ2v) is 4.64. The van der Waals surface area contributed by atoms with Crippen LogP contribution in [-0.2, 0) is 11.3 Å². The predicted molar refractivity (Wildman–Crippen MR) is 78.6 cm³/mol. The molecule has 0 atom stereocenters. The van der Waals surface area contributed by atoms with Crippen LogP contribution in [0.2, 0.25) is 0 Å². The van der Waals surface area contributed by atoms with Gasteiger partial charge < -0.3 is 10.1 Å². The lowest BCUT2D eigenvalue weighted by atomic mass is 10.1. The van der Waals surface area contributed by atoms with Gasteiger partial charge in [0.2, 0.25) is 0 Å². The zero-order valence-corrected chi connectivity index (χ0v) is 11.8. The number of aryl methyl sites for hydroxylation is 1. The van der Waals surface area contributed by atoms with E-state index >= 15 is 0 Å². The number of ether oxygens (including phenoxy) is 1. The second-order valence-electron chi connectivity index (χ2n) is 4.64. The quantitative estimate of drug-likeness (QED) is 0.782. The fourth-order valence-electron chi connectivity index (χ4n) is 1.85. The number of H-pyrrole nitrogens is 1. The van der Waals surface area contributed by atoms with E-state index in [4.69, 9.17) is 4.74 Å². The highest BCUT2D eigenvalue weighted by atomic mass is 16.5. The van der Waals surface area contributed by atoms with Gasteiger partial charge in [0.15, 0.2) is 0 Å². The molecule has 2 N–H and O–H groups in total. The lowest BCUT2D eigenvalue weighted by Crippen LogP contribution is -2.24. The van der Waals surface area contributed by atoms with Crippen molar-refractivity contribution >= 4 is 0 Å². The average Bonchev–Trinajstić information content (AvgIpc) is 2.46. The van der Waals surface area contributed by atoms with Crippen molar-refractivity contribution in [2.75, 3.05) is 20.3 Å². The molecule has 0 bridgehead atoms. The number of nitrogens with one attached hydrogen (secondary N) is 2. The summed E-state index contributed by atoms with van der Waals surface area (Å²) >= 11 is 0. The lowest BCUT2D eigenvalue weighted by Gasteiger charge is -2.06. The van der Waals surface area contributed by atoms with Crippen molar-refractivity contribution < 1.29 is 4.74 Å². The van der Waals surface area contributed by atoms with Crippen molar-refractivity contribution in [1.29, 1.82) is 0 Å². The molecule has 0 radical (unpaired) electrons. The molecule has 0 aliphatic carbocycles. The summed E-state index contributed by atoms with van der Waals surface area (Å²) in [7, 11) is 1.65. The number of hydrogen-bond acceptors (Lipinski definition) is 4. The Kier molecular flexibility index (Phi) is 5.03. The van der Waals surface area contributed by atoms with Crippen LogP contribution in [0.5, 0.6) is 0 Å². The van der Waals surface area contributed by atoms with Gasteiger partial charge in [0.1, 0.15) is 0 Å². The standard InChI is InChI=1S/C15H19N3O2/c1-11-3-5-12(6-4-11)14-9-13(15(19)18-17-14)10-16-7-8-20-2/h3-6,9,16H,7-8,10H2,1-2H3,(H,18,19). The van der Waals surface area contributed by atoms with E-state index in [1.54, 1.807) is 7.11 Å². The Morgan fingerprint density at radius 3 is 2.75 bits per heavy atom. The van der Waals surface area contributed by atoms with E-state index in [0.717, 1.165) is 11.3 Å². The number of benzene rings is 1. The van der Waals surface area contributed by atoms with E-state index in [2.05, 4.69) is 15.5 Å². The van der Waals surface area contributed by atoms with Crippen LogP contribution in [-0.4, -0.2) is 30.5 Å². The summed E-state index contributed by atoms with van der Waals surface area (Å²) < 4.78 is 4.95. The van der Waals surface area contributed by atoms with Crippen molar-refractivity contribution in [3.63, 3.8) is 0 Å². The first-order valence-electron chi connectivity index (χ1n) is 6.56. The Balaban J connectivity index is 2.15. The molecule has 1 aromatic heterocycles. The summed E-state index contributed by atoms with van der Waals surface area (Å²) in [5, 5.41) is 9.80. The number of rotatable bonds is 6. The maximum absolute atomic E-state index is 11.7. The molecule has 0 unspecified atom stereocenters. The van der Waals surface area contributed by atoms with Gasteiger partial charge in [-0.1, -0.05) is 29.8 Å². The van der Waals surface area contributed by atoms with Crippen LogP contribution in [0.3, 0.4) is 0 Å². The molecular weight excluding hydrogens is 254 g/mol. The maximum Gasteiger partial charge on any atom is 0.268 e. The summed E-state index contributed by atoms with van der Waals surface area (Å²) in [6.07, 6.45) is 0. The van der Waals surface area contributed by atoms with Crippen molar-refractivity contribution in [1.82, 2.24) is 15.5 Å². The predicted octanol–water partition coefficient (Wildman–Crippen LogP) is 1.48. The van der Waals surface area contributed by atoms with E-state index in [9.17, 15) is 4.79 Å². The fraction of sp³-hybridized carbons (Fsp3) is 0.333. The summed E-state index contributed by atoms with van der Waals surface area (Å²) in [5.41, 5.74) is 3.47. The van der Waals surface area contributed by atoms with Gasteiger partial charge in [-0.25, -0.2) is 5.10 Å². The zero-order chi connectivity index (χ0) is 14.4. The molecule has 0 aliphatic rings. The van der Waals surface area contributed by atoms with Crippen molar-refractivity contribution in [2.45, 2.75) is 13.5 Å². The van der Waals surface area contributed by atoms with Crippen molar-refractivity contribution in [2.24, 2.45) is 0 Å². The van der Waals surface area contributed by atoms with Gasteiger partial charge in [-0.15, -0.1) is 0 Å². The summed E-state index contributed by atoms with van der Waals surface area (Å²) in [5.74, 6) is 0. The Bertz CT molecular complexity index is 605. The van der Waals surface area contributed by atoms with Crippen molar-refractivity contribution in [3.8, 4) is 11.3 Å². The molecule has 1 aromatic carbocycles. The fourth-order valence-corrected chi connectivity index (χ4v) is 1.85. The molecule has 2 rings (SSSR count). The third-order valence-electron chi connectivity index (χ3n) is 3.03. The maximum atomic E-state index is 11.7. The van der Waals surface area contributed by atoms with Gasteiger partial charge in [-0.2, -0.15) is 5.10 Å². The Morgan fingerprint density at radius 2 is 2.05 bits per heavy atom. The van der Waals surface area contributed by atoms with Crippen LogP contribution in [0.25, 0.3) is 11.3 Å². The van der Waals surface area contributed by atoms with Crippen LogP contribution in [0.1, 0.15) is 11.1 Å². The number of methoxy groups -OCH3 is 1. The molecule has 106 valence electrons. The van der Waals surface area contributed by atoms with E-state index < -0.39 is 0 Å². The third-order valence-corrected chi connectivity index (χ3v) is 3.03. The first kappa shape index (κ1) is 14.4. The minimum Gasteiger partial charge on any atom is -0.383 e. The van der Waals surface area contributed by atoms with Crippen LogP contribution >= 0.6 is 0 Å². The summed E-state index contributed by atoms with van der Waals surface area (Å²) in [6, 6.07) is 9.87. The van der Waals surface area contributed by atoms with Crippen LogP contribution in [0.4, 0.5) is 0 Å². The number of aromatic nitrogens is 2. The normalized spacial score (nSPS) is 10.7. The number of aromatic amines is 1. The second kappa shape index (κ2) is 6.98. The SMILES string of the molecule is COCCNCc1cc(-c2ccc(C)cc2)n[nH]c1=O. The van der Waals surface area contributed by atoms with Gasteiger partial charge in [0.05, 0.1) is 12.3 Å². The molecule has 0 amide bonds. The highest BCUT2D eigenvalue weighted by Crippen LogP contribution is 2.16. The van der Waals surface area contributed by atoms with Crippen LogP contribution in [0.15, 0.2) is 35.1 Å². The van der Waals surface area contributed by atoms with Crippen LogP contribution < -0.4 is 10.9 Å². The molecule has 1 heterocycles. The number of nitrogens with zero attached hydrogens (tertiary/aromatic N) is 1. The molecule has 0 aliphatic heterocycles. The van der Waals surface area contributed by atoms with Gasteiger partial charge in [0, 0.05) is 31.3 Å². The van der Waals surface area contributed by atoms with E-state index in [-0.39, 0.29) is 5.56 Å². The molecule has 0 spiro atoms. The monoisotopic (exact) mass is 273 g/mol. The largest absolute Gasteiger partial charge is 0.383 e. The Hall–Kier alpha value is -1.98. The molecule has 5 heteroatoms. The summed E-state index contributed by atoms with van der Waals surface area (Å²) in [4.78, 5) is 11.7. The minimum atomic E-state index is -0.161. The Morgan fingerprint density at radius 1 is 1.30 bits per heavy atom. The molecular formula is C15H19N3O2. The first-order valence-corrected chi connectivity index (χ1v) is 6.56. The molecule has 0 saturated carbocycles. The highest BCUT2D eigenvalue weighted by molar-refractivity contribution is 5.59. The zero-order valence-electron chi connectivity index (χ0n) is 11.8. The number of hydrogen-bond donors (Lipinski definition) is 2. The smallest absolute Gasteiger partial charge is 0.268 e. The van der Waals surface area contributed by atoms with E-state index in [1.807, 2.05) is 37.3 Å². The van der Waals surface area contributed by atoms with Gasteiger partial charge in [-0.3, -0.25) is 4.79 Å². The third kappa shape index (κ3) is 3.76. The van der Waals surface area contributed by atoms with Crippen molar-refractivity contribution in [3.05, 3.63) is 51.8 Å². The molecule has 2 aromatic rings. The van der Waals surface area contributed by atoms with Gasteiger partial charge in [-0.05, 0) is 13.0 Å². The van der Waals surface area contributed by atoms with E-state index in [1.165, 1.54) is 5.56 Å². The van der Waals surface area contributed by atoms with E-state index in [0.29, 0.717) is 25.3 Å². The molecule has 20 heavy (non-hydrogen) atoms. The first-order chi connectivity index (χ1) is 9.70. The van der Waals surface area contributed by atoms with Gasteiger partial charge in [0.25, 0.3) is 5.56 Å².